The normalized spacial score (nSPS) is 21.6. The molecule has 0 radical (unpaired) electrons. The van der Waals surface area contributed by atoms with Gasteiger partial charge in [0, 0.05) is 13.5 Å². The Balaban J connectivity index is 2.04. The number of nitrogens with zero attached hydrogens (tertiary/aromatic N) is 1. The van der Waals surface area contributed by atoms with Crippen LogP contribution in [0, 0.1) is 0 Å². The lowest BCUT2D eigenvalue weighted by molar-refractivity contribution is -0.116. The number of rotatable bonds is 0. The molecule has 0 saturated heterocycles. The van der Waals surface area contributed by atoms with Crippen LogP contribution < -0.4 is 10.2 Å². The molecule has 1 aromatic rings. The van der Waals surface area contributed by atoms with E-state index in [4.69, 9.17) is 0 Å². The maximum Gasteiger partial charge on any atom is 0.224 e. The zero-order chi connectivity index (χ0) is 9.76. The predicted octanol–water partition coefficient (Wildman–Crippen LogP) is 2.06. The highest BCUT2D eigenvalue weighted by atomic mass is 32.1. The fraction of sp³-hybridized carbons (Fsp3) is 0.500. The highest BCUT2D eigenvalue weighted by Crippen LogP contribution is 2.48. The summed E-state index contributed by atoms with van der Waals surface area (Å²) in [6.07, 6.45) is 2.38. The zero-order valence-electron chi connectivity index (χ0n) is 8.04. The number of fused-ring (bicyclic) bond motifs is 1. The smallest absolute Gasteiger partial charge is 0.224 e. The highest BCUT2D eigenvalue weighted by Gasteiger charge is 2.48. The van der Waals surface area contributed by atoms with Gasteiger partial charge in [0.25, 0.3) is 0 Å². The SMILES string of the molecule is CC(=O)N1CC2(CC2)Nc2sccc21. The van der Waals surface area contributed by atoms with Gasteiger partial charge in [-0.15, -0.1) is 11.3 Å². The first-order chi connectivity index (χ1) is 6.70. The van der Waals surface area contributed by atoms with Gasteiger partial charge in [0.2, 0.25) is 5.91 Å². The Hall–Kier alpha value is -1.03. The molecule has 0 atom stereocenters. The largest absolute Gasteiger partial charge is 0.368 e. The molecule has 1 fully saturated rings. The van der Waals surface area contributed by atoms with Gasteiger partial charge in [0.15, 0.2) is 0 Å². The van der Waals surface area contributed by atoms with Crippen LogP contribution in [-0.2, 0) is 4.79 Å². The standard InChI is InChI=1S/C10H12N2OS/c1-7(13)12-6-10(3-4-10)11-9-8(12)2-5-14-9/h2,5,11H,3-4,6H2,1H3. The highest BCUT2D eigenvalue weighted by molar-refractivity contribution is 7.15. The molecule has 1 spiro atoms. The van der Waals surface area contributed by atoms with Crippen molar-refractivity contribution in [3.05, 3.63) is 11.4 Å². The van der Waals surface area contributed by atoms with E-state index in [1.165, 1.54) is 12.8 Å². The van der Waals surface area contributed by atoms with Crippen molar-refractivity contribution in [2.24, 2.45) is 0 Å². The molecule has 1 aliphatic carbocycles. The Bertz CT molecular complexity index is 395. The molecule has 0 unspecified atom stereocenters. The average Bonchev–Trinajstić information content (AvgIpc) is 2.73. The number of carbonyl (C=O) groups excluding carboxylic acids is 1. The number of thiophene rings is 1. The first kappa shape index (κ1) is 8.29. The molecule has 0 bridgehead atoms. The fourth-order valence-electron chi connectivity index (χ4n) is 1.99. The minimum Gasteiger partial charge on any atom is -0.368 e. The van der Waals surface area contributed by atoms with Gasteiger partial charge in [0.05, 0.1) is 11.2 Å². The molecule has 2 heterocycles. The lowest BCUT2D eigenvalue weighted by Crippen LogP contribution is -2.44. The molecule has 0 aromatic carbocycles. The van der Waals surface area contributed by atoms with Crippen LogP contribution in [0.4, 0.5) is 10.7 Å². The second-order valence-corrected chi connectivity index (χ2v) is 5.06. The van der Waals surface area contributed by atoms with Gasteiger partial charge in [-0.25, -0.2) is 0 Å². The molecule has 3 rings (SSSR count). The van der Waals surface area contributed by atoms with E-state index in [2.05, 4.69) is 5.32 Å². The number of anilines is 2. The van der Waals surface area contributed by atoms with Gasteiger partial charge in [-0.05, 0) is 24.3 Å². The lowest BCUT2D eigenvalue weighted by atomic mass is 10.2. The summed E-state index contributed by atoms with van der Waals surface area (Å²) in [5.74, 6) is 0.150. The van der Waals surface area contributed by atoms with Gasteiger partial charge >= 0.3 is 0 Å². The Morgan fingerprint density at radius 1 is 1.64 bits per heavy atom. The first-order valence-corrected chi connectivity index (χ1v) is 5.72. The van der Waals surface area contributed by atoms with Crippen molar-refractivity contribution in [1.82, 2.24) is 0 Å². The number of carbonyl (C=O) groups is 1. The van der Waals surface area contributed by atoms with Crippen LogP contribution in [0.25, 0.3) is 0 Å². The van der Waals surface area contributed by atoms with Crippen LogP contribution in [0.3, 0.4) is 0 Å². The van der Waals surface area contributed by atoms with Crippen LogP contribution in [0.15, 0.2) is 11.4 Å². The second kappa shape index (κ2) is 2.51. The first-order valence-electron chi connectivity index (χ1n) is 4.84. The Kier molecular flexibility index (Phi) is 1.49. The second-order valence-electron chi connectivity index (χ2n) is 4.15. The lowest BCUT2D eigenvalue weighted by Gasteiger charge is -2.33. The maximum absolute atomic E-state index is 11.5. The van der Waals surface area contributed by atoms with Crippen molar-refractivity contribution in [3.63, 3.8) is 0 Å². The summed E-state index contributed by atoms with van der Waals surface area (Å²) >= 11 is 1.68. The molecule has 1 saturated carbocycles. The van der Waals surface area contributed by atoms with Crippen molar-refractivity contribution in [2.75, 3.05) is 16.8 Å². The average molecular weight is 208 g/mol. The van der Waals surface area contributed by atoms with Gasteiger partial charge in [-0.1, -0.05) is 0 Å². The molecule has 1 amide bonds. The van der Waals surface area contributed by atoms with E-state index in [-0.39, 0.29) is 11.4 Å². The van der Waals surface area contributed by atoms with E-state index >= 15 is 0 Å². The molecule has 3 nitrogen and oxygen atoms in total. The Morgan fingerprint density at radius 2 is 2.43 bits per heavy atom. The molecular formula is C10H12N2OS. The van der Waals surface area contributed by atoms with Gasteiger partial charge in [-0.3, -0.25) is 4.79 Å². The van der Waals surface area contributed by atoms with Crippen molar-refractivity contribution < 1.29 is 4.79 Å². The maximum atomic E-state index is 11.5. The van der Waals surface area contributed by atoms with Gasteiger partial charge in [0.1, 0.15) is 5.00 Å². The van der Waals surface area contributed by atoms with Crippen molar-refractivity contribution in [2.45, 2.75) is 25.3 Å². The van der Waals surface area contributed by atoms with E-state index < -0.39 is 0 Å². The summed E-state index contributed by atoms with van der Waals surface area (Å²) in [5.41, 5.74) is 1.27. The Morgan fingerprint density at radius 3 is 3.07 bits per heavy atom. The molecule has 74 valence electrons. The summed E-state index contributed by atoms with van der Waals surface area (Å²) in [6, 6.07) is 2.02. The van der Waals surface area contributed by atoms with Crippen LogP contribution in [0.1, 0.15) is 19.8 Å². The minimum atomic E-state index is 0.150. The zero-order valence-corrected chi connectivity index (χ0v) is 8.86. The number of amides is 1. The Labute approximate surface area is 86.7 Å². The van der Waals surface area contributed by atoms with Gasteiger partial charge in [-0.2, -0.15) is 0 Å². The molecule has 1 aliphatic heterocycles. The summed E-state index contributed by atoms with van der Waals surface area (Å²) in [6.45, 7) is 2.48. The van der Waals surface area contributed by atoms with Gasteiger partial charge < -0.3 is 10.2 Å². The number of hydrogen-bond donors (Lipinski definition) is 1. The van der Waals surface area contributed by atoms with Crippen molar-refractivity contribution >= 4 is 27.9 Å². The van der Waals surface area contributed by atoms with E-state index in [0.29, 0.717) is 0 Å². The van der Waals surface area contributed by atoms with Crippen LogP contribution in [0.2, 0.25) is 0 Å². The van der Waals surface area contributed by atoms with Crippen molar-refractivity contribution in [3.8, 4) is 0 Å². The third-order valence-corrected chi connectivity index (χ3v) is 3.83. The van der Waals surface area contributed by atoms with E-state index in [9.17, 15) is 4.79 Å². The van der Waals surface area contributed by atoms with Crippen molar-refractivity contribution in [1.29, 1.82) is 0 Å². The summed E-state index contributed by atoms with van der Waals surface area (Å²) in [4.78, 5) is 13.4. The van der Waals surface area contributed by atoms with E-state index in [0.717, 1.165) is 17.2 Å². The molecule has 1 N–H and O–H groups in total. The quantitative estimate of drug-likeness (QED) is 0.707. The van der Waals surface area contributed by atoms with Crippen LogP contribution >= 0.6 is 11.3 Å². The molecular weight excluding hydrogens is 196 g/mol. The molecule has 2 aliphatic rings. The summed E-state index contributed by atoms with van der Waals surface area (Å²) < 4.78 is 0. The summed E-state index contributed by atoms with van der Waals surface area (Å²) in [7, 11) is 0. The third-order valence-electron chi connectivity index (χ3n) is 3.01. The summed E-state index contributed by atoms with van der Waals surface area (Å²) in [5, 5.41) is 6.73. The van der Waals surface area contributed by atoms with Crippen LogP contribution in [0.5, 0.6) is 0 Å². The molecule has 1 aromatic heterocycles. The third kappa shape index (κ3) is 1.07. The topological polar surface area (TPSA) is 32.3 Å². The van der Waals surface area contributed by atoms with Crippen LogP contribution in [-0.4, -0.2) is 18.0 Å². The number of nitrogens with one attached hydrogen (secondary N) is 1. The van der Waals surface area contributed by atoms with E-state index in [1.807, 2.05) is 16.3 Å². The van der Waals surface area contributed by atoms with E-state index in [1.54, 1.807) is 18.3 Å². The number of hydrogen-bond acceptors (Lipinski definition) is 3. The molecule has 4 heteroatoms. The molecule has 14 heavy (non-hydrogen) atoms. The fourth-order valence-corrected chi connectivity index (χ4v) is 2.90. The minimum absolute atomic E-state index is 0.150. The monoisotopic (exact) mass is 208 g/mol. The predicted molar refractivity (Wildman–Crippen MR) is 57.9 cm³/mol.